The molecule has 1 unspecified atom stereocenters. The van der Waals surface area contributed by atoms with E-state index in [1.807, 2.05) is 0 Å². The van der Waals surface area contributed by atoms with E-state index in [1.54, 1.807) is 0 Å². The van der Waals surface area contributed by atoms with Crippen LogP contribution in [-0.4, -0.2) is 61.7 Å². The number of piperazine rings is 1. The van der Waals surface area contributed by atoms with E-state index in [0.29, 0.717) is 5.41 Å². The lowest BCUT2D eigenvalue weighted by Crippen LogP contribution is -2.51. The molecule has 1 saturated carbocycles. The summed E-state index contributed by atoms with van der Waals surface area (Å²) in [5, 5.41) is 3.58. The summed E-state index contributed by atoms with van der Waals surface area (Å²) in [6, 6.07) is 0.956. The van der Waals surface area contributed by atoms with Gasteiger partial charge in [0.15, 0.2) is 0 Å². The summed E-state index contributed by atoms with van der Waals surface area (Å²) in [6.45, 7) is 13.9. The molecule has 2 saturated heterocycles. The zero-order chi connectivity index (χ0) is 13.3. The Morgan fingerprint density at radius 1 is 1.05 bits per heavy atom. The van der Waals surface area contributed by atoms with Gasteiger partial charge in [-0.2, -0.15) is 0 Å². The Balaban J connectivity index is 1.47. The van der Waals surface area contributed by atoms with Crippen LogP contribution in [0.25, 0.3) is 0 Å². The molecular weight excluding hydrogens is 234 g/mol. The molecule has 0 bridgehead atoms. The minimum absolute atomic E-state index is 0.467. The number of hydrogen-bond acceptors (Lipinski definition) is 3. The second-order valence-corrected chi connectivity index (χ2v) is 7.58. The van der Waals surface area contributed by atoms with Crippen molar-refractivity contribution in [2.75, 3.05) is 45.8 Å². The van der Waals surface area contributed by atoms with Crippen molar-refractivity contribution in [3.05, 3.63) is 0 Å². The van der Waals surface area contributed by atoms with Crippen molar-refractivity contribution in [2.45, 2.75) is 45.6 Å². The van der Waals surface area contributed by atoms with E-state index in [9.17, 15) is 0 Å². The van der Waals surface area contributed by atoms with E-state index in [-0.39, 0.29) is 0 Å². The summed E-state index contributed by atoms with van der Waals surface area (Å²) in [4.78, 5) is 5.43. The highest BCUT2D eigenvalue weighted by molar-refractivity contribution is 4.90. The predicted molar refractivity (Wildman–Crippen MR) is 80.4 cm³/mol. The summed E-state index contributed by atoms with van der Waals surface area (Å²) in [5.74, 6) is 0.864. The Morgan fingerprint density at radius 3 is 2.37 bits per heavy atom. The Labute approximate surface area is 118 Å². The normalized spacial score (nSPS) is 31.6. The van der Waals surface area contributed by atoms with Crippen molar-refractivity contribution >= 4 is 0 Å². The first-order valence-corrected chi connectivity index (χ1v) is 8.32. The van der Waals surface area contributed by atoms with E-state index in [2.05, 4.69) is 29.0 Å². The second-order valence-electron chi connectivity index (χ2n) is 7.58. The van der Waals surface area contributed by atoms with Gasteiger partial charge in [0.25, 0.3) is 0 Å². The molecule has 3 nitrogen and oxygen atoms in total. The average Bonchev–Trinajstić information content (AvgIpc) is 3.25. The van der Waals surface area contributed by atoms with Crippen molar-refractivity contribution in [1.82, 2.24) is 15.1 Å². The smallest absolute Gasteiger partial charge is 0.0113 e. The third-order valence-electron chi connectivity index (χ3n) is 5.50. The second kappa shape index (κ2) is 5.71. The van der Waals surface area contributed by atoms with Crippen molar-refractivity contribution < 1.29 is 0 Å². The highest BCUT2D eigenvalue weighted by Crippen LogP contribution is 2.33. The summed E-state index contributed by atoms with van der Waals surface area (Å²) in [7, 11) is 0. The van der Waals surface area contributed by atoms with Gasteiger partial charge in [0.05, 0.1) is 0 Å². The molecular formula is C16H31N3. The van der Waals surface area contributed by atoms with E-state index in [1.165, 1.54) is 71.5 Å². The molecule has 0 spiro atoms. The Morgan fingerprint density at radius 2 is 1.79 bits per heavy atom. The Kier molecular flexibility index (Phi) is 4.16. The first kappa shape index (κ1) is 13.8. The molecule has 3 fully saturated rings. The van der Waals surface area contributed by atoms with Crippen LogP contribution in [0.4, 0.5) is 0 Å². The zero-order valence-electron chi connectivity index (χ0n) is 12.8. The number of nitrogens with one attached hydrogen (secondary N) is 1. The van der Waals surface area contributed by atoms with Gasteiger partial charge < -0.3 is 10.2 Å². The zero-order valence-corrected chi connectivity index (χ0v) is 12.8. The summed E-state index contributed by atoms with van der Waals surface area (Å²) < 4.78 is 0. The van der Waals surface area contributed by atoms with Crippen LogP contribution < -0.4 is 5.32 Å². The van der Waals surface area contributed by atoms with Crippen molar-refractivity contribution in [1.29, 1.82) is 0 Å². The number of rotatable bonds is 4. The lowest BCUT2D eigenvalue weighted by Gasteiger charge is -2.43. The molecule has 1 atom stereocenters. The van der Waals surface area contributed by atoms with Crippen LogP contribution in [0.5, 0.6) is 0 Å². The van der Waals surface area contributed by atoms with Crippen LogP contribution in [0.3, 0.4) is 0 Å². The lowest BCUT2D eigenvalue weighted by molar-refractivity contribution is 0.0596. The third-order valence-corrected chi connectivity index (χ3v) is 5.50. The number of nitrogens with zero attached hydrogens (tertiary/aromatic N) is 2. The largest absolute Gasteiger partial charge is 0.316 e. The van der Waals surface area contributed by atoms with Crippen molar-refractivity contribution in [2.24, 2.45) is 11.3 Å². The molecule has 2 aliphatic heterocycles. The Bertz CT molecular complexity index is 284. The van der Waals surface area contributed by atoms with Gasteiger partial charge in [-0.05, 0) is 50.1 Å². The van der Waals surface area contributed by atoms with Gasteiger partial charge in [0.2, 0.25) is 0 Å². The maximum absolute atomic E-state index is 3.58. The van der Waals surface area contributed by atoms with Crippen LogP contribution >= 0.6 is 0 Å². The molecule has 0 aromatic heterocycles. The van der Waals surface area contributed by atoms with Crippen LogP contribution in [0, 0.1) is 11.3 Å². The first-order valence-electron chi connectivity index (χ1n) is 8.32. The quantitative estimate of drug-likeness (QED) is 0.836. The standard InChI is InChI=1S/C16H31N3/c1-16(2,14-4-3-7-17-12-14)13-18-8-10-19(11-9-18)15-5-6-15/h14-15,17H,3-13H2,1-2H3. The van der Waals surface area contributed by atoms with Gasteiger partial charge in [0.1, 0.15) is 0 Å². The van der Waals surface area contributed by atoms with Gasteiger partial charge >= 0.3 is 0 Å². The molecule has 0 aromatic carbocycles. The molecule has 110 valence electrons. The summed E-state index contributed by atoms with van der Waals surface area (Å²) >= 11 is 0. The molecule has 3 rings (SSSR count). The fourth-order valence-corrected chi connectivity index (χ4v) is 3.95. The molecule has 0 amide bonds. The topological polar surface area (TPSA) is 18.5 Å². The van der Waals surface area contributed by atoms with E-state index >= 15 is 0 Å². The molecule has 1 aliphatic carbocycles. The fourth-order valence-electron chi connectivity index (χ4n) is 3.95. The Hall–Kier alpha value is -0.120. The highest BCUT2D eigenvalue weighted by Gasteiger charge is 2.35. The first-order chi connectivity index (χ1) is 9.15. The summed E-state index contributed by atoms with van der Waals surface area (Å²) in [6.07, 6.45) is 5.70. The van der Waals surface area contributed by atoms with Crippen molar-refractivity contribution in [3.63, 3.8) is 0 Å². The molecule has 2 heterocycles. The molecule has 19 heavy (non-hydrogen) atoms. The number of piperidine rings is 1. The minimum atomic E-state index is 0.467. The van der Waals surface area contributed by atoms with Crippen LogP contribution in [-0.2, 0) is 0 Å². The van der Waals surface area contributed by atoms with Gasteiger partial charge in [-0.15, -0.1) is 0 Å². The SMILES string of the molecule is CC(C)(CN1CCN(C2CC2)CC1)C1CCCNC1. The van der Waals surface area contributed by atoms with Gasteiger partial charge in [0, 0.05) is 38.8 Å². The van der Waals surface area contributed by atoms with Crippen molar-refractivity contribution in [3.8, 4) is 0 Å². The van der Waals surface area contributed by atoms with Gasteiger partial charge in [-0.3, -0.25) is 4.90 Å². The molecule has 1 N–H and O–H groups in total. The maximum atomic E-state index is 3.58. The van der Waals surface area contributed by atoms with E-state index in [4.69, 9.17) is 0 Å². The van der Waals surface area contributed by atoms with Gasteiger partial charge in [-0.25, -0.2) is 0 Å². The molecule has 0 radical (unpaired) electrons. The fraction of sp³-hybridized carbons (Fsp3) is 1.00. The molecule has 0 aromatic rings. The molecule has 3 heteroatoms. The predicted octanol–water partition coefficient (Wildman–Crippen LogP) is 1.79. The maximum Gasteiger partial charge on any atom is 0.0113 e. The van der Waals surface area contributed by atoms with Crippen LogP contribution in [0.15, 0.2) is 0 Å². The van der Waals surface area contributed by atoms with E-state index in [0.717, 1.165) is 12.0 Å². The highest BCUT2D eigenvalue weighted by atomic mass is 15.3. The average molecular weight is 265 g/mol. The molecule has 3 aliphatic rings. The number of hydrogen-bond donors (Lipinski definition) is 1. The monoisotopic (exact) mass is 265 g/mol. The lowest BCUT2D eigenvalue weighted by atomic mass is 9.74. The van der Waals surface area contributed by atoms with Gasteiger partial charge in [-0.1, -0.05) is 13.8 Å². The summed E-state index contributed by atoms with van der Waals surface area (Å²) in [5.41, 5.74) is 0.467. The minimum Gasteiger partial charge on any atom is -0.316 e. The third kappa shape index (κ3) is 3.50. The van der Waals surface area contributed by atoms with E-state index < -0.39 is 0 Å². The van der Waals surface area contributed by atoms with Crippen LogP contribution in [0.2, 0.25) is 0 Å². The van der Waals surface area contributed by atoms with Crippen LogP contribution in [0.1, 0.15) is 39.5 Å².